The van der Waals surface area contributed by atoms with Crippen LogP contribution in [-0.2, 0) is 14.3 Å². The van der Waals surface area contributed by atoms with E-state index < -0.39 is 11.5 Å². The fourth-order valence-electron chi connectivity index (χ4n) is 1.12. The van der Waals surface area contributed by atoms with E-state index in [9.17, 15) is 9.59 Å². The minimum atomic E-state index is -1.34. The lowest BCUT2D eigenvalue weighted by Crippen LogP contribution is -2.55. The molecule has 0 bridgehead atoms. The first-order valence-electron chi connectivity index (χ1n) is 5.07. The summed E-state index contributed by atoms with van der Waals surface area (Å²) < 4.78 is 4.79. The van der Waals surface area contributed by atoms with Crippen LogP contribution in [0.25, 0.3) is 0 Å². The third-order valence-electron chi connectivity index (χ3n) is 2.00. The van der Waals surface area contributed by atoms with Crippen molar-refractivity contribution in [2.75, 3.05) is 25.2 Å². The quantitative estimate of drug-likeness (QED) is 0.620. The summed E-state index contributed by atoms with van der Waals surface area (Å²) in [7, 11) is 1.40. The molecule has 5 nitrogen and oxygen atoms in total. The molecule has 6 heteroatoms. The molecule has 94 valence electrons. The van der Waals surface area contributed by atoms with E-state index in [-0.39, 0.29) is 12.5 Å². The molecule has 0 heterocycles. The highest BCUT2D eigenvalue weighted by Gasteiger charge is 2.34. The number of hydrogen-bond donors (Lipinski definition) is 2. The van der Waals surface area contributed by atoms with Crippen LogP contribution >= 0.6 is 11.8 Å². The van der Waals surface area contributed by atoms with Crippen LogP contribution in [-0.4, -0.2) is 47.7 Å². The molecule has 0 aliphatic heterocycles. The Balaban J connectivity index is 4.19. The van der Waals surface area contributed by atoms with Gasteiger partial charge in [0.15, 0.2) is 5.54 Å². The summed E-state index contributed by atoms with van der Waals surface area (Å²) in [6.07, 6.45) is 0.324. The number of carboxylic acids is 1. The van der Waals surface area contributed by atoms with E-state index in [1.807, 2.05) is 6.92 Å². The van der Waals surface area contributed by atoms with Crippen LogP contribution < -0.4 is 5.32 Å². The second kappa shape index (κ2) is 7.51. The van der Waals surface area contributed by atoms with Crippen molar-refractivity contribution in [3.8, 4) is 0 Å². The van der Waals surface area contributed by atoms with Crippen LogP contribution in [0, 0.1) is 0 Å². The number of thioether (sulfide) groups is 1. The van der Waals surface area contributed by atoms with E-state index in [1.54, 1.807) is 11.8 Å². The molecule has 1 amide bonds. The van der Waals surface area contributed by atoms with Gasteiger partial charge in [0.2, 0.25) is 5.91 Å². The van der Waals surface area contributed by atoms with Crippen LogP contribution in [0.1, 0.15) is 20.3 Å². The molecule has 0 fully saturated rings. The van der Waals surface area contributed by atoms with Crippen molar-refractivity contribution in [1.29, 1.82) is 0 Å². The van der Waals surface area contributed by atoms with Crippen molar-refractivity contribution < 1.29 is 19.4 Å². The van der Waals surface area contributed by atoms with Crippen LogP contribution in [0.4, 0.5) is 0 Å². The molecule has 0 aliphatic carbocycles. The van der Waals surface area contributed by atoms with E-state index in [0.29, 0.717) is 12.2 Å². The first kappa shape index (κ1) is 15.2. The molecule has 16 heavy (non-hydrogen) atoms. The van der Waals surface area contributed by atoms with Crippen molar-refractivity contribution >= 4 is 23.6 Å². The lowest BCUT2D eigenvalue weighted by Gasteiger charge is -2.25. The lowest BCUT2D eigenvalue weighted by atomic mass is 10.0. The summed E-state index contributed by atoms with van der Waals surface area (Å²) in [5, 5.41) is 11.5. The fourth-order valence-corrected chi connectivity index (χ4v) is 1.74. The summed E-state index contributed by atoms with van der Waals surface area (Å²) in [6.45, 7) is 3.40. The van der Waals surface area contributed by atoms with Gasteiger partial charge in [0, 0.05) is 19.3 Å². The molecule has 0 spiro atoms. The molecule has 0 aliphatic rings. The third-order valence-corrected chi connectivity index (χ3v) is 2.90. The zero-order chi connectivity index (χ0) is 12.6. The van der Waals surface area contributed by atoms with E-state index in [0.717, 1.165) is 5.75 Å². The Bertz CT molecular complexity index is 247. The normalized spacial score (nSPS) is 14.2. The molecule has 0 saturated carbocycles. The Kier molecular flexibility index (Phi) is 7.16. The maximum atomic E-state index is 11.5. The number of amides is 1. The summed E-state index contributed by atoms with van der Waals surface area (Å²) in [4.78, 5) is 22.4. The lowest BCUT2D eigenvalue weighted by molar-refractivity contribution is -0.149. The van der Waals surface area contributed by atoms with Gasteiger partial charge in [0.1, 0.15) is 0 Å². The molecule has 0 aromatic carbocycles. The third kappa shape index (κ3) is 5.37. The number of hydrogen-bond acceptors (Lipinski definition) is 4. The van der Waals surface area contributed by atoms with Crippen LogP contribution in [0.5, 0.6) is 0 Å². The maximum absolute atomic E-state index is 11.5. The van der Waals surface area contributed by atoms with Gasteiger partial charge in [0.05, 0.1) is 6.61 Å². The van der Waals surface area contributed by atoms with Crippen LogP contribution in [0.2, 0.25) is 0 Å². The summed E-state index contributed by atoms with van der Waals surface area (Å²) in [6, 6.07) is 0. The van der Waals surface area contributed by atoms with Gasteiger partial charge in [-0.2, -0.15) is 11.8 Å². The Hall–Kier alpha value is -0.750. The first-order chi connectivity index (χ1) is 7.46. The fraction of sp³-hybridized carbons (Fsp3) is 0.800. The largest absolute Gasteiger partial charge is 0.479 e. The zero-order valence-electron chi connectivity index (χ0n) is 9.91. The highest BCUT2D eigenvalue weighted by Crippen LogP contribution is 2.07. The van der Waals surface area contributed by atoms with Crippen LogP contribution in [0.15, 0.2) is 0 Å². The van der Waals surface area contributed by atoms with Gasteiger partial charge in [-0.05, 0) is 12.7 Å². The van der Waals surface area contributed by atoms with Gasteiger partial charge in [0.25, 0.3) is 0 Å². The van der Waals surface area contributed by atoms with Gasteiger partial charge in [-0.1, -0.05) is 6.92 Å². The van der Waals surface area contributed by atoms with E-state index in [4.69, 9.17) is 9.84 Å². The molecule has 0 aromatic heterocycles. The van der Waals surface area contributed by atoms with Crippen molar-refractivity contribution in [3.05, 3.63) is 0 Å². The molecule has 0 aromatic rings. The number of aliphatic carboxylic acids is 1. The van der Waals surface area contributed by atoms with Gasteiger partial charge >= 0.3 is 5.97 Å². The first-order valence-corrected chi connectivity index (χ1v) is 6.23. The SMILES string of the molecule is CCSCCC(=O)NC(C)(COC)C(=O)O. The predicted octanol–water partition coefficient (Wildman–Crippen LogP) is 0.735. The smallest absolute Gasteiger partial charge is 0.331 e. The molecule has 1 atom stereocenters. The van der Waals surface area contributed by atoms with Gasteiger partial charge in [-0.15, -0.1) is 0 Å². The van der Waals surface area contributed by atoms with Crippen molar-refractivity contribution in [2.24, 2.45) is 0 Å². The minimum Gasteiger partial charge on any atom is -0.479 e. The number of carbonyl (C=O) groups is 2. The summed E-state index contributed by atoms with van der Waals surface area (Å²) in [5.74, 6) is 0.292. The van der Waals surface area contributed by atoms with Crippen molar-refractivity contribution in [2.45, 2.75) is 25.8 Å². The number of carbonyl (C=O) groups excluding carboxylic acids is 1. The Morgan fingerprint density at radius 1 is 1.50 bits per heavy atom. The highest BCUT2D eigenvalue weighted by atomic mass is 32.2. The topological polar surface area (TPSA) is 75.6 Å². The number of methoxy groups -OCH3 is 1. The molecule has 1 unspecified atom stereocenters. The van der Waals surface area contributed by atoms with Crippen molar-refractivity contribution in [1.82, 2.24) is 5.32 Å². The van der Waals surface area contributed by atoms with E-state index >= 15 is 0 Å². The molecule has 0 radical (unpaired) electrons. The second-order valence-electron chi connectivity index (χ2n) is 3.57. The Labute approximate surface area is 99.9 Å². The van der Waals surface area contributed by atoms with Gasteiger partial charge in [-0.3, -0.25) is 4.79 Å². The van der Waals surface area contributed by atoms with Gasteiger partial charge < -0.3 is 15.2 Å². The molecule has 0 rings (SSSR count). The van der Waals surface area contributed by atoms with Crippen molar-refractivity contribution in [3.63, 3.8) is 0 Å². The highest BCUT2D eigenvalue weighted by molar-refractivity contribution is 7.99. The number of nitrogens with one attached hydrogen (secondary N) is 1. The average Bonchev–Trinajstić information content (AvgIpc) is 2.18. The Morgan fingerprint density at radius 2 is 2.12 bits per heavy atom. The predicted molar refractivity (Wildman–Crippen MR) is 63.7 cm³/mol. The number of rotatable bonds is 8. The molecule has 0 saturated heterocycles. The maximum Gasteiger partial charge on any atom is 0.331 e. The standard InChI is InChI=1S/C10H19NO4S/c1-4-16-6-5-8(12)11-10(2,7-15-3)9(13)14/h4-7H2,1-3H3,(H,11,12)(H,13,14). The summed E-state index contributed by atoms with van der Waals surface area (Å²) >= 11 is 1.64. The van der Waals surface area contributed by atoms with Crippen LogP contribution in [0.3, 0.4) is 0 Å². The molecule has 2 N–H and O–H groups in total. The Morgan fingerprint density at radius 3 is 2.56 bits per heavy atom. The second-order valence-corrected chi connectivity index (χ2v) is 4.96. The minimum absolute atomic E-state index is 0.0466. The zero-order valence-corrected chi connectivity index (χ0v) is 10.7. The average molecular weight is 249 g/mol. The monoisotopic (exact) mass is 249 g/mol. The van der Waals surface area contributed by atoms with E-state index in [2.05, 4.69) is 5.32 Å². The number of ether oxygens (including phenoxy) is 1. The molecular formula is C10H19NO4S. The van der Waals surface area contributed by atoms with E-state index in [1.165, 1.54) is 14.0 Å². The summed E-state index contributed by atoms with van der Waals surface area (Å²) in [5.41, 5.74) is -1.34. The molecular weight excluding hydrogens is 230 g/mol. The number of carboxylic acid groups (broad SMARTS) is 1. The van der Waals surface area contributed by atoms with Gasteiger partial charge in [-0.25, -0.2) is 4.79 Å².